The molecule has 2 atom stereocenters. The number of nitrogens with zero attached hydrogens (tertiary/aromatic N) is 3. The normalized spacial score (nSPS) is 19.8. The molecule has 0 saturated carbocycles. The van der Waals surface area contributed by atoms with Crippen LogP contribution in [0, 0.1) is 0 Å². The molecule has 1 saturated heterocycles. The quantitative estimate of drug-likeness (QED) is 0.817. The number of hydrogen-bond acceptors (Lipinski definition) is 6. The van der Waals surface area contributed by atoms with Crippen molar-refractivity contribution in [2.24, 2.45) is 0 Å². The molecule has 0 unspecified atom stereocenters. The van der Waals surface area contributed by atoms with Gasteiger partial charge < -0.3 is 10.1 Å². The second-order valence-electron chi connectivity index (χ2n) is 5.65. The molecule has 0 aliphatic carbocycles. The van der Waals surface area contributed by atoms with Crippen LogP contribution in [0.2, 0.25) is 0 Å². The van der Waals surface area contributed by atoms with Crippen LogP contribution in [0.5, 0.6) is 0 Å². The first-order chi connectivity index (χ1) is 11.8. The van der Waals surface area contributed by atoms with Crippen molar-refractivity contribution in [3.63, 3.8) is 0 Å². The Morgan fingerprint density at radius 3 is 2.92 bits per heavy atom. The molecule has 1 aromatic heterocycles. The van der Waals surface area contributed by atoms with Crippen LogP contribution in [0.15, 0.2) is 53.6 Å². The maximum Gasteiger partial charge on any atom is 0.148 e. The van der Waals surface area contributed by atoms with Gasteiger partial charge in [-0.2, -0.15) is 5.10 Å². The van der Waals surface area contributed by atoms with Gasteiger partial charge >= 0.3 is 0 Å². The van der Waals surface area contributed by atoms with E-state index < -0.39 is 10.8 Å². The molecule has 1 aromatic carbocycles. The molecule has 24 heavy (non-hydrogen) atoms. The molecule has 0 amide bonds. The van der Waals surface area contributed by atoms with Gasteiger partial charge in [0.15, 0.2) is 0 Å². The summed E-state index contributed by atoms with van der Waals surface area (Å²) < 4.78 is 18.1. The minimum atomic E-state index is -0.946. The molecule has 7 heteroatoms. The number of anilines is 1. The average molecular weight is 346 g/mol. The van der Waals surface area contributed by atoms with Crippen LogP contribution in [-0.2, 0) is 15.5 Å². The fourth-order valence-corrected chi connectivity index (χ4v) is 3.74. The van der Waals surface area contributed by atoms with Crippen LogP contribution in [0.1, 0.15) is 0 Å². The van der Waals surface area contributed by atoms with E-state index in [1.165, 1.54) is 0 Å². The second-order valence-corrected chi connectivity index (χ2v) is 7.22. The number of nitrogens with one attached hydrogen (secondary N) is 1. The smallest absolute Gasteiger partial charge is 0.148 e. The Morgan fingerprint density at radius 1 is 1.25 bits per heavy atom. The molecular weight excluding hydrogens is 324 g/mol. The predicted octanol–water partition coefficient (Wildman–Crippen LogP) is 1.40. The summed E-state index contributed by atoms with van der Waals surface area (Å²) in [5.41, 5.74) is 0. The molecule has 6 nitrogen and oxygen atoms in total. The van der Waals surface area contributed by atoms with Crippen LogP contribution in [0.25, 0.3) is 0 Å². The van der Waals surface area contributed by atoms with Gasteiger partial charge in [-0.05, 0) is 24.3 Å². The third-order valence-electron chi connectivity index (χ3n) is 3.91. The Morgan fingerprint density at radius 2 is 2.12 bits per heavy atom. The molecule has 128 valence electrons. The number of benzene rings is 1. The molecule has 1 fully saturated rings. The average Bonchev–Trinajstić information content (AvgIpc) is 2.66. The Balaban J connectivity index is 1.43. The first-order valence-corrected chi connectivity index (χ1v) is 9.42. The van der Waals surface area contributed by atoms with Gasteiger partial charge in [-0.15, -0.1) is 5.10 Å². The third-order valence-corrected chi connectivity index (χ3v) is 5.26. The van der Waals surface area contributed by atoms with E-state index in [1.54, 1.807) is 6.20 Å². The Bertz CT molecular complexity index is 642. The van der Waals surface area contributed by atoms with E-state index in [1.807, 2.05) is 42.5 Å². The number of hydrogen-bond donors (Lipinski definition) is 1. The van der Waals surface area contributed by atoms with Crippen molar-refractivity contribution in [2.75, 3.05) is 43.9 Å². The van der Waals surface area contributed by atoms with Gasteiger partial charge in [-0.1, -0.05) is 18.2 Å². The summed E-state index contributed by atoms with van der Waals surface area (Å²) in [6.45, 7) is 3.92. The summed E-state index contributed by atoms with van der Waals surface area (Å²) in [7, 11) is -0.946. The van der Waals surface area contributed by atoms with Gasteiger partial charge in [0.1, 0.15) is 5.82 Å². The van der Waals surface area contributed by atoms with Crippen molar-refractivity contribution in [3.05, 3.63) is 48.7 Å². The summed E-state index contributed by atoms with van der Waals surface area (Å²) >= 11 is 0. The number of aromatic nitrogens is 2. The lowest BCUT2D eigenvalue weighted by Crippen LogP contribution is -2.46. The molecule has 2 aromatic rings. The second kappa shape index (κ2) is 8.86. The van der Waals surface area contributed by atoms with Gasteiger partial charge in [0, 0.05) is 43.0 Å². The van der Waals surface area contributed by atoms with Crippen LogP contribution < -0.4 is 5.32 Å². The maximum atomic E-state index is 12.3. The van der Waals surface area contributed by atoms with E-state index in [0.717, 1.165) is 30.3 Å². The minimum absolute atomic E-state index is 0.103. The van der Waals surface area contributed by atoms with Crippen LogP contribution in [0.4, 0.5) is 5.82 Å². The fourth-order valence-electron chi connectivity index (χ4n) is 2.62. The predicted molar refractivity (Wildman–Crippen MR) is 94.4 cm³/mol. The number of morpholine rings is 1. The van der Waals surface area contributed by atoms with Crippen LogP contribution in [0.3, 0.4) is 0 Å². The number of ether oxygens (including phenoxy) is 1. The van der Waals surface area contributed by atoms with Gasteiger partial charge in [0.25, 0.3) is 0 Å². The SMILES string of the molecule is O=[S@](CCN1CCO[C@H](CNc2cccnn2)C1)c1ccccc1. The van der Waals surface area contributed by atoms with E-state index in [9.17, 15) is 4.21 Å². The summed E-state index contributed by atoms with van der Waals surface area (Å²) in [6, 6.07) is 13.4. The minimum Gasteiger partial charge on any atom is -0.374 e. The zero-order valence-corrected chi connectivity index (χ0v) is 14.3. The molecular formula is C17H22N4O2S. The molecule has 0 bridgehead atoms. The molecule has 2 heterocycles. The fraction of sp³-hybridized carbons (Fsp3) is 0.412. The molecule has 0 spiro atoms. The lowest BCUT2D eigenvalue weighted by molar-refractivity contribution is -0.0189. The summed E-state index contributed by atoms with van der Waals surface area (Å²) in [6.07, 6.45) is 1.75. The summed E-state index contributed by atoms with van der Waals surface area (Å²) in [5, 5.41) is 11.1. The third kappa shape index (κ3) is 5.09. The number of rotatable bonds is 7. The van der Waals surface area contributed by atoms with Crippen LogP contribution in [-0.4, -0.2) is 63.9 Å². The van der Waals surface area contributed by atoms with E-state index >= 15 is 0 Å². The molecule has 1 N–H and O–H groups in total. The highest BCUT2D eigenvalue weighted by atomic mass is 32.2. The summed E-state index contributed by atoms with van der Waals surface area (Å²) in [4.78, 5) is 3.21. The Kier molecular flexibility index (Phi) is 6.28. The zero-order chi connectivity index (χ0) is 16.6. The van der Waals surface area contributed by atoms with E-state index in [0.29, 0.717) is 18.9 Å². The molecule has 1 aliphatic heterocycles. The van der Waals surface area contributed by atoms with Gasteiger partial charge in [0.2, 0.25) is 0 Å². The van der Waals surface area contributed by atoms with Crippen LogP contribution >= 0.6 is 0 Å². The van der Waals surface area contributed by atoms with Crippen molar-refractivity contribution in [3.8, 4) is 0 Å². The maximum absolute atomic E-state index is 12.3. The highest BCUT2D eigenvalue weighted by molar-refractivity contribution is 7.85. The monoisotopic (exact) mass is 346 g/mol. The van der Waals surface area contributed by atoms with Gasteiger partial charge in [-0.25, -0.2) is 0 Å². The van der Waals surface area contributed by atoms with Crippen molar-refractivity contribution in [1.82, 2.24) is 15.1 Å². The van der Waals surface area contributed by atoms with E-state index in [-0.39, 0.29) is 6.10 Å². The zero-order valence-electron chi connectivity index (χ0n) is 13.5. The highest BCUT2D eigenvalue weighted by Gasteiger charge is 2.20. The molecule has 0 radical (unpaired) electrons. The van der Waals surface area contributed by atoms with Gasteiger partial charge in [-0.3, -0.25) is 9.11 Å². The van der Waals surface area contributed by atoms with Crippen molar-refractivity contribution in [2.45, 2.75) is 11.0 Å². The Labute approximate surface area is 144 Å². The standard InChI is InChI=1S/C17H22N4O2S/c22-24(16-5-2-1-3-6-16)12-10-21-9-11-23-15(14-21)13-18-17-7-4-8-19-20-17/h1-8,15H,9-14H2,(H,18,20)/t15-,24-/m1/s1. The van der Waals surface area contributed by atoms with E-state index in [2.05, 4.69) is 20.4 Å². The lowest BCUT2D eigenvalue weighted by atomic mass is 10.2. The van der Waals surface area contributed by atoms with Gasteiger partial charge in [0.05, 0.1) is 23.5 Å². The van der Waals surface area contributed by atoms with Crippen molar-refractivity contribution in [1.29, 1.82) is 0 Å². The Hall–Kier alpha value is -1.83. The molecule has 3 rings (SSSR count). The topological polar surface area (TPSA) is 67.3 Å². The molecule has 1 aliphatic rings. The summed E-state index contributed by atoms with van der Waals surface area (Å²) in [5.74, 6) is 1.40. The first kappa shape index (κ1) is 17.0. The van der Waals surface area contributed by atoms with E-state index in [4.69, 9.17) is 4.74 Å². The highest BCUT2D eigenvalue weighted by Crippen LogP contribution is 2.09. The van der Waals surface area contributed by atoms with Crippen molar-refractivity contribution >= 4 is 16.6 Å². The largest absolute Gasteiger partial charge is 0.374 e. The first-order valence-electron chi connectivity index (χ1n) is 8.10. The van der Waals surface area contributed by atoms with Crippen molar-refractivity contribution < 1.29 is 8.95 Å². The lowest BCUT2D eigenvalue weighted by Gasteiger charge is -2.32.